The van der Waals surface area contributed by atoms with Crippen molar-refractivity contribution in [1.29, 1.82) is 0 Å². The van der Waals surface area contributed by atoms with E-state index in [-0.39, 0.29) is 18.3 Å². The Hall–Kier alpha value is -0.900. The van der Waals surface area contributed by atoms with Crippen molar-refractivity contribution in [3.8, 4) is 0 Å². The van der Waals surface area contributed by atoms with Crippen LogP contribution in [0.5, 0.6) is 0 Å². The molecule has 2 aliphatic carbocycles. The number of hydrogen-bond acceptors (Lipinski definition) is 3. The summed E-state index contributed by atoms with van der Waals surface area (Å²) in [5.74, 6) is 0.0220. The predicted molar refractivity (Wildman–Crippen MR) is 68.1 cm³/mol. The number of aliphatic hydroxyl groups excluding tert-OH is 2. The van der Waals surface area contributed by atoms with E-state index in [1.165, 1.54) is 11.1 Å². The molecule has 3 rings (SSSR count). The van der Waals surface area contributed by atoms with E-state index in [1.54, 1.807) is 6.92 Å². The zero-order valence-electron chi connectivity index (χ0n) is 10.6. The van der Waals surface area contributed by atoms with E-state index in [9.17, 15) is 15.3 Å². The highest BCUT2D eigenvalue weighted by atomic mass is 16.3. The van der Waals surface area contributed by atoms with Gasteiger partial charge in [0.15, 0.2) is 0 Å². The number of hydrogen-bond donors (Lipinski definition) is 3. The highest BCUT2D eigenvalue weighted by Gasteiger charge is 2.50. The lowest BCUT2D eigenvalue weighted by Gasteiger charge is -2.49. The van der Waals surface area contributed by atoms with Crippen molar-refractivity contribution in [3.05, 3.63) is 35.4 Å². The second-order valence-electron chi connectivity index (χ2n) is 6.08. The predicted octanol–water partition coefficient (Wildman–Crippen LogP) is 0.894. The van der Waals surface area contributed by atoms with Gasteiger partial charge in [-0.25, -0.2) is 0 Å². The number of rotatable bonds is 0. The summed E-state index contributed by atoms with van der Waals surface area (Å²) in [4.78, 5) is 0. The number of aliphatic hydroxyl groups is 3. The van der Waals surface area contributed by atoms with Gasteiger partial charge in [0.1, 0.15) is 0 Å². The average molecular weight is 248 g/mol. The number of fused-ring (bicyclic) bond motifs is 2. The van der Waals surface area contributed by atoms with Gasteiger partial charge in [-0.05, 0) is 42.7 Å². The molecule has 1 aromatic carbocycles. The summed E-state index contributed by atoms with van der Waals surface area (Å²) in [5, 5.41) is 30.7. The van der Waals surface area contributed by atoms with Gasteiger partial charge in [0.2, 0.25) is 0 Å². The highest BCUT2D eigenvalue weighted by Crippen LogP contribution is 2.43. The van der Waals surface area contributed by atoms with Crippen molar-refractivity contribution in [1.82, 2.24) is 0 Å². The Labute approximate surface area is 107 Å². The van der Waals surface area contributed by atoms with Crippen molar-refractivity contribution in [2.24, 2.45) is 11.8 Å². The SMILES string of the molecule is C[C@@]1(O)C[C@H](O)[C@H]2Cc3ccccc3C[C@H]2C1O. The van der Waals surface area contributed by atoms with Crippen molar-refractivity contribution < 1.29 is 15.3 Å². The second kappa shape index (κ2) is 4.05. The van der Waals surface area contributed by atoms with E-state index >= 15 is 0 Å². The third kappa shape index (κ3) is 1.78. The van der Waals surface area contributed by atoms with Gasteiger partial charge >= 0.3 is 0 Å². The molecule has 0 aliphatic heterocycles. The Morgan fingerprint density at radius 3 is 2.22 bits per heavy atom. The topological polar surface area (TPSA) is 60.7 Å². The van der Waals surface area contributed by atoms with Crippen LogP contribution < -0.4 is 0 Å². The fourth-order valence-corrected chi connectivity index (χ4v) is 3.69. The molecule has 98 valence electrons. The molecule has 0 saturated heterocycles. The van der Waals surface area contributed by atoms with Gasteiger partial charge < -0.3 is 15.3 Å². The van der Waals surface area contributed by atoms with E-state index in [2.05, 4.69) is 12.1 Å². The minimum atomic E-state index is -1.17. The van der Waals surface area contributed by atoms with E-state index in [0.717, 1.165) is 12.8 Å². The maximum Gasteiger partial charge on any atom is 0.0905 e. The maximum atomic E-state index is 10.3. The third-order valence-electron chi connectivity index (χ3n) is 4.74. The fraction of sp³-hybridized carbons (Fsp3) is 0.600. The zero-order valence-corrected chi connectivity index (χ0v) is 10.6. The summed E-state index contributed by atoms with van der Waals surface area (Å²) >= 11 is 0. The smallest absolute Gasteiger partial charge is 0.0905 e. The van der Waals surface area contributed by atoms with Crippen LogP contribution in [0.4, 0.5) is 0 Å². The molecule has 2 aliphatic rings. The first kappa shape index (κ1) is 12.2. The van der Waals surface area contributed by atoms with Crippen LogP contribution in [0.3, 0.4) is 0 Å². The van der Waals surface area contributed by atoms with E-state index in [0.29, 0.717) is 0 Å². The Bertz CT molecular complexity index is 455. The molecule has 3 nitrogen and oxygen atoms in total. The van der Waals surface area contributed by atoms with Gasteiger partial charge in [0.25, 0.3) is 0 Å². The molecule has 5 atom stereocenters. The summed E-state index contributed by atoms with van der Waals surface area (Å²) in [6, 6.07) is 8.19. The summed E-state index contributed by atoms with van der Waals surface area (Å²) in [5.41, 5.74) is 1.33. The summed E-state index contributed by atoms with van der Waals surface area (Å²) in [6.07, 6.45) is 0.531. The standard InChI is InChI=1S/C15H20O3/c1-15(18)8-13(16)11-6-9-4-2-3-5-10(9)7-12(11)14(15)17/h2-5,11-14,16-18H,6-8H2,1H3/t11-,12+,13-,14?,15+/m0/s1. The summed E-state index contributed by atoms with van der Waals surface area (Å²) < 4.78 is 0. The van der Waals surface area contributed by atoms with Crippen LogP contribution in [0.1, 0.15) is 24.5 Å². The average Bonchev–Trinajstić information content (AvgIpc) is 2.34. The Morgan fingerprint density at radius 2 is 1.61 bits per heavy atom. The van der Waals surface area contributed by atoms with Gasteiger partial charge in [-0.2, -0.15) is 0 Å². The second-order valence-corrected chi connectivity index (χ2v) is 6.08. The lowest BCUT2D eigenvalue weighted by molar-refractivity contribution is -0.169. The molecule has 0 bridgehead atoms. The Morgan fingerprint density at radius 1 is 1.06 bits per heavy atom. The third-order valence-corrected chi connectivity index (χ3v) is 4.74. The minimum absolute atomic E-state index is 0.0429. The first-order valence-corrected chi connectivity index (χ1v) is 6.64. The first-order chi connectivity index (χ1) is 8.49. The van der Waals surface area contributed by atoms with Crippen LogP contribution in [-0.4, -0.2) is 33.1 Å². The molecule has 0 heterocycles. The van der Waals surface area contributed by atoms with Gasteiger partial charge in [-0.15, -0.1) is 0 Å². The quantitative estimate of drug-likeness (QED) is 0.639. The van der Waals surface area contributed by atoms with E-state index < -0.39 is 17.8 Å². The van der Waals surface area contributed by atoms with Crippen molar-refractivity contribution in [3.63, 3.8) is 0 Å². The zero-order chi connectivity index (χ0) is 12.9. The van der Waals surface area contributed by atoms with Crippen molar-refractivity contribution in [2.45, 2.75) is 44.0 Å². The van der Waals surface area contributed by atoms with Gasteiger partial charge in [0, 0.05) is 6.42 Å². The molecule has 18 heavy (non-hydrogen) atoms. The lowest BCUT2D eigenvalue weighted by Crippen LogP contribution is -2.58. The molecule has 0 radical (unpaired) electrons. The van der Waals surface area contributed by atoms with E-state index in [1.807, 2.05) is 12.1 Å². The van der Waals surface area contributed by atoms with Crippen LogP contribution in [-0.2, 0) is 12.8 Å². The molecule has 1 saturated carbocycles. The molecule has 3 N–H and O–H groups in total. The normalized spacial score (nSPS) is 43.1. The molecule has 1 unspecified atom stereocenters. The van der Waals surface area contributed by atoms with Crippen LogP contribution in [0, 0.1) is 11.8 Å². The Kier molecular flexibility index (Phi) is 2.73. The molecule has 3 heteroatoms. The molecule has 1 aromatic rings. The molecule has 1 fully saturated rings. The van der Waals surface area contributed by atoms with Crippen LogP contribution in [0.2, 0.25) is 0 Å². The highest BCUT2D eigenvalue weighted by molar-refractivity contribution is 5.32. The fourth-order valence-electron chi connectivity index (χ4n) is 3.69. The maximum absolute atomic E-state index is 10.3. The molecular formula is C15H20O3. The van der Waals surface area contributed by atoms with Gasteiger partial charge in [0.05, 0.1) is 17.8 Å². The summed E-state index contributed by atoms with van der Waals surface area (Å²) in [6.45, 7) is 1.62. The van der Waals surface area contributed by atoms with Crippen LogP contribution in [0.25, 0.3) is 0 Å². The molecule has 0 amide bonds. The van der Waals surface area contributed by atoms with Crippen LogP contribution >= 0.6 is 0 Å². The number of benzene rings is 1. The molecule has 0 aromatic heterocycles. The molecule has 0 spiro atoms. The summed E-state index contributed by atoms with van der Waals surface area (Å²) in [7, 11) is 0. The van der Waals surface area contributed by atoms with E-state index in [4.69, 9.17) is 0 Å². The van der Waals surface area contributed by atoms with Gasteiger partial charge in [-0.3, -0.25) is 0 Å². The first-order valence-electron chi connectivity index (χ1n) is 6.64. The minimum Gasteiger partial charge on any atom is -0.393 e. The van der Waals surface area contributed by atoms with Crippen LogP contribution in [0.15, 0.2) is 24.3 Å². The van der Waals surface area contributed by atoms with Crippen molar-refractivity contribution >= 4 is 0 Å². The van der Waals surface area contributed by atoms with Crippen molar-refractivity contribution in [2.75, 3.05) is 0 Å². The lowest BCUT2D eigenvalue weighted by atomic mass is 9.62. The molecular weight excluding hydrogens is 228 g/mol. The van der Waals surface area contributed by atoms with Gasteiger partial charge in [-0.1, -0.05) is 24.3 Å². The monoisotopic (exact) mass is 248 g/mol. The Balaban J connectivity index is 1.96. The largest absolute Gasteiger partial charge is 0.393 e.